The summed E-state index contributed by atoms with van der Waals surface area (Å²) >= 11 is 0. The molecule has 0 bridgehead atoms. The second-order valence-electron chi connectivity index (χ2n) is 7.41. The Balaban J connectivity index is 1.57. The molecule has 9 nitrogen and oxygen atoms in total. The molecule has 0 aromatic heterocycles. The summed E-state index contributed by atoms with van der Waals surface area (Å²) in [5.74, 6) is 0.441. The molecule has 2 fully saturated rings. The van der Waals surface area contributed by atoms with Gasteiger partial charge in [-0.3, -0.25) is 14.4 Å². The Hall–Kier alpha value is -2.81. The normalized spacial score (nSPS) is 19.2. The van der Waals surface area contributed by atoms with E-state index in [0.717, 1.165) is 0 Å². The van der Waals surface area contributed by atoms with Crippen molar-refractivity contribution in [2.45, 2.75) is 12.5 Å². The first-order valence-corrected chi connectivity index (χ1v) is 9.47. The fraction of sp³-hybridized carbons (Fsp3) is 0.550. The number of ether oxygens (including phenoxy) is 3. The van der Waals surface area contributed by atoms with Crippen LogP contribution in [0.4, 0.5) is 5.69 Å². The number of nitrogens with zero attached hydrogens (tertiary/aromatic N) is 3. The molecular weight excluding hydrogens is 378 g/mol. The van der Waals surface area contributed by atoms with Crippen molar-refractivity contribution in [3.63, 3.8) is 0 Å². The monoisotopic (exact) mass is 405 g/mol. The lowest BCUT2D eigenvalue weighted by Crippen LogP contribution is -2.57. The summed E-state index contributed by atoms with van der Waals surface area (Å²) in [5, 5.41) is 0. The second kappa shape index (κ2) is 8.69. The van der Waals surface area contributed by atoms with Crippen LogP contribution in [0.2, 0.25) is 0 Å². The van der Waals surface area contributed by atoms with Crippen LogP contribution in [0.5, 0.6) is 11.5 Å². The van der Waals surface area contributed by atoms with Crippen LogP contribution in [0.15, 0.2) is 18.2 Å². The van der Waals surface area contributed by atoms with E-state index in [1.165, 1.54) is 12.0 Å². The van der Waals surface area contributed by atoms with Crippen LogP contribution in [-0.4, -0.2) is 88.2 Å². The second-order valence-corrected chi connectivity index (χ2v) is 7.41. The molecular formula is C20H27N3O6. The molecule has 1 aromatic rings. The van der Waals surface area contributed by atoms with Crippen LogP contribution >= 0.6 is 0 Å². The van der Waals surface area contributed by atoms with Gasteiger partial charge in [-0.25, -0.2) is 0 Å². The van der Waals surface area contributed by atoms with Gasteiger partial charge in [-0.05, 0) is 12.1 Å². The molecule has 0 spiro atoms. The van der Waals surface area contributed by atoms with E-state index < -0.39 is 5.92 Å². The molecule has 0 saturated carbocycles. The van der Waals surface area contributed by atoms with Gasteiger partial charge in [-0.15, -0.1) is 0 Å². The zero-order valence-corrected chi connectivity index (χ0v) is 17.2. The number of carbonyl (C=O) groups is 3. The molecule has 2 heterocycles. The summed E-state index contributed by atoms with van der Waals surface area (Å²) in [5.41, 5.74) is 0.596. The van der Waals surface area contributed by atoms with Crippen LogP contribution in [0, 0.1) is 5.92 Å². The standard InChI is InChI=1S/C20H27N3O6/c1-21(2)19(25)12-29-15-10-22(11-15)20(26)13-7-18(24)23(9-13)16-8-14(27-3)5-6-17(16)28-4/h5-6,8,13,15H,7,9-12H2,1-4H3/t13-/m1/s1. The van der Waals surface area contributed by atoms with Crippen LogP contribution in [0.25, 0.3) is 0 Å². The summed E-state index contributed by atoms with van der Waals surface area (Å²) in [6.07, 6.45) is 0.00916. The Bertz CT molecular complexity index is 790. The van der Waals surface area contributed by atoms with Gasteiger partial charge in [0.2, 0.25) is 17.7 Å². The van der Waals surface area contributed by atoms with Crippen molar-refractivity contribution in [3.05, 3.63) is 18.2 Å². The predicted octanol–water partition coefficient (Wildman–Crippen LogP) is 0.372. The SMILES string of the molecule is COc1ccc(OC)c(N2C[C@H](C(=O)N3CC(OCC(=O)N(C)C)C3)CC2=O)c1. The van der Waals surface area contributed by atoms with Gasteiger partial charge in [0.1, 0.15) is 18.1 Å². The minimum absolute atomic E-state index is 0.00498. The fourth-order valence-corrected chi connectivity index (χ4v) is 3.41. The number of anilines is 1. The minimum Gasteiger partial charge on any atom is -0.497 e. The number of benzene rings is 1. The molecule has 3 rings (SSSR count). The third-order valence-electron chi connectivity index (χ3n) is 5.25. The highest BCUT2D eigenvalue weighted by Gasteiger charge is 2.42. The molecule has 2 aliphatic rings. The maximum Gasteiger partial charge on any atom is 0.248 e. The molecule has 0 N–H and O–H groups in total. The third kappa shape index (κ3) is 4.45. The Morgan fingerprint density at radius 2 is 1.86 bits per heavy atom. The fourth-order valence-electron chi connectivity index (χ4n) is 3.41. The smallest absolute Gasteiger partial charge is 0.248 e. The van der Waals surface area contributed by atoms with Gasteiger partial charge < -0.3 is 28.9 Å². The van der Waals surface area contributed by atoms with E-state index in [1.54, 1.807) is 49.2 Å². The lowest BCUT2D eigenvalue weighted by atomic mass is 10.0. The van der Waals surface area contributed by atoms with Gasteiger partial charge in [0.15, 0.2) is 0 Å². The van der Waals surface area contributed by atoms with Crippen molar-refractivity contribution in [2.75, 3.05) is 59.5 Å². The Morgan fingerprint density at radius 1 is 1.14 bits per heavy atom. The van der Waals surface area contributed by atoms with Crippen molar-refractivity contribution in [3.8, 4) is 11.5 Å². The number of likely N-dealkylation sites (N-methyl/N-ethyl adjacent to an activating group) is 1. The molecule has 2 aliphatic heterocycles. The first kappa shape index (κ1) is 20.9. The third-order valence-corrected chi connectivity index (χ3v) is 5.25. The molecule has 158 valence electrons. The highest BCUT2D eigenvalue weighted by Crippen LogP contribution is 2.36. The highest BCUT2D eigenvalue weighted by atomic mass is 16.5. The molecule has 3 amide bonds. The van der Waals surface area contributed by atoms with Crippen LogP contribution < -0.4 is 14.4 Å². The topological polar surface area (TPSA) is 88.6 Å². The van der Waals surface area contributed by atoms with E-state index in [9.17, 15) is 14.4 Å². The van der Waals surface area contributed by atoms with E-state index >= 15 is 0 Å². The van der Waals surface area contributed by atoms with Crippen molar-refractivity contribution in [1.82, 2.24) is 9.80 Å². The van der Waals surface area contributed by atoms with Gasteiger partial charge in [0.05, 0.1) is 31.9 Å². The highest BCUT2D eigenvalue weighted by molar-refractivity contribution is 6.01. The lowest BCUT2D eigenvalue weighted by Gasteiger charge is -2.40. The van der Waals surface area contributed by atoms with E-state index in [0.29, 0.717) is 36.8 Å². The van der Waals surface area contributed by atoms with Crippen molar-refractivity contribution in [1.29, 1.82) is 0 Å². The van der Waals surface area contributed by atoms with Gasteiger partial charge >= 0.3 is 0 Å². The number of carbonyl (C=O) groups excluding carboxylic acids is 3. The Labute approximate surface area is 170 Å². The average molecular weight is 405 g/mol. The summed E-state index contributed by atoms with van der Waals surface area (Å²) in [7, 11) is 6.43. The summed E-state index contributed by atoms with van der Waals surface area (Å²) < 4.78 is 16.1. The van der Waals surface area contributed by atoms with Crippen LogP contribution in [-0.2, 0) is 19.1 Å². The lowest BCUT2D eigenvalue weighted by molar-refractivity contribution is -0.153. The number of rotatable bonds is 7. The van der Waals surface area contributed by atoms with Gasteiger partial charge in [-0.2, -0.15) is 0 Å². The minimum atomic E-state index is -0.414. The van der Waals surface area contributed by atoms with Gasteiger partial charge in [0, 0.05) is 46.2 Å². The van der Waals surface area contributed by atoms with E-state index in [1.807, 2.05) is 0 Å². The maximum absolute atomic E-state index is 12.8. The Morgan fingerprint density at radius 3 is 2.48 bits per heavy atom. The first-order chi connectivity index (χ1) is 13.8. The van der Waals surface area contributed by atoms with Gasteiger partial charge in [-0.1, -0.05) is 0 Å². The first-order valence-electron chi connectivity index (χ1n) is 9.47. The molecule has 0 radical (unpaired) electrons. The van der Waals surface area contributed by atoms with Crippen LogP contribution in [0.3, 0.4) is 0 Å². The largest absolute Gasteiger partial charge is 0.497 e. The summed E-state index contributed by atoms with van der Waals surface area (Å²) in [6.45, 7) is 1.17. The molecule has 1 aromatic carbocycles. The van der Waals surface area contributed by atoms with Crippen molar-refractivity contribution in [2.24, 2.45) is 5.92 Å². The van der Waals surface area contributed by atoms with Crippen molar-refractivity contribution < 1.29 is 28.6 Å². The molecule has 0 aliphatic carbocycles. The van der Waals surface area contributed by atoms with E-state index in [2.05, 4.69) is 0 Å². The molecule has 1 atom stereocenters. The number of methoxy groups -OCH3 is 2. The summed E-state index contributed by atoms with van der Waals surface area (Å²) in [4.78, 5) is 41.7. The van der Waals surface area contributed by atoms with Crippen LogP contribution in [0.1, 0.15) is 6.42 Å². The molecule has 29 heavy (non-hydrogen) atoms. The molecule has 2 saturated heterocycles. The zero-order chi connectivity index (χ0) is 21.1. The molecule has 9 heteroatoms. The maximum atomic E-state index is 12.8. The van der Waals surface area contributed by atoms with Gasteiger partial charge in [0.25, 0.3) is 0 Å². The summed E-state index contributed by atoms with van der Waals surface area (Å²) in [6, 6.07) is 5.23. The quantitative estimate of drug-likeness (QED) is 0.651. The van der Waals surface area contributed by atoms with E-state index in [-0.39, 0.29) is 36.9 Å². The average Bonchev–Trinajstić information content (AvgIpc) is 3.07. The zero-order valence-electron chi connectivity index (χ0n) is 17.2. The number of likely N-dealkylation sites (tertiary alicyclic amines) is 1. The van der Waals surface area contributed by atoms with E-state index in [4.69, 9.17) is 14.2 Å². The molecule has 0 unspecified atom stereocenters. The number of hydrogen-bond acceptors (Lipinski definition) is 6. The number of amides is 3. The number of hydrogen-bond donors (Lipinski definition) is 0. The van der Waals surface area contributed by atoms with Crippen molar-refractivity contribution >= 4 is 23.4 Å². The predicted molar refractivity (Wildman–Crippen MR) is 105 cm³/mol. The Kier molecular flexibility index (Phi) is 6.26.